The van der Waals surface area contributed by atoms with Gasteiger partial charge in [0.15, 0.2) is 5.65 Å². The maximum Gasteiger partial charge on any atom is 0.251 e. The number of nitrogens with zero attached hydrogens (tertiary/aromatic N) is 3. The van der Waals surface area contributed by atoms with Crippen molar-refractivity contribution in [2.45, 2.75) is 40.5 Å². The van der Waals surface area contributed by atoms with Crippen molar-refractivity contribution in [1.82, 2.24) is 19.9 Å². The number of aryl methyl sites for hydroxylation is 3. The number of benzene rings is 1. The van der Waals surface area contributed by atoms with Gasteiger partial charge in [0.1, 0.15) is 0 Å². The monoisotopic (exact) mass is 379 g/mol. The van der Waals surface area contributed by atoms with Crippen molar-refractivity contribution in [3.05, 3.63) is 58.0 Å². The van der Waals surface area contributed by atoms with Crippen LogP contribution < -0.4 is 10.6 Å². The van der Waals surface area contributed by atoms with Crippen LogP contribution in [0, 0.1) is 27.7 Å². The number of hydrogen-bond acceptors (Lipinski definition) is 4. The molecule has 2 aromatic heterocycles. The molecule has 1 aromatic carbocycles. The van der Waals surface area contributed by atoms with Crippen LogP contribution in [0.5, 0.6) is 0 Å². The van der Waals surface area contributed by atoms with Crippen LogP contribution in [-0.4, -0.2) is 33.5 Å². The molecule has 2 N–H and O–H groups in total. The average Bonchev–Trinajstić information content (AvgIpc) is 3.03. The number of fused-ring (bicyclic) bond motifs is 1. The molecule has 0 spiro atoms. The third-order valence-electron chi connectivity index (χ3n) is 4.97. The normalized spacial score (nSPS) is 10.9. The summed E-state index contributed by atoms with van der Waals surface area (Å²) in [5, 5.41) is 10.0. The van der Waals surface area contributed by atoms with Gasteiger partial charge in [-0.3, -0.25) is 9.59 Å². The first-order valence-electron chi connectivity index (χ1n) is 9.25. The Balaban J connectivity index is 1.75. The third kappa shape index (κ3) is 3.74. The van der Waals surface area contributed by atoms with Crippen molar-refractivity contribution < 1.29 is 9.59 Å². The largest absolute Gasteiger partial charge is 0.355 e. The predicted molar refractivity (Wildman–Crippen MR) is 109 cm³/mol. The van der Waals surface area contributed by atoms with E-state index in [1.165, 1.54) is 0 Å². The molecular formula is C21H25N5O2. The molecule has 0 saturated carbocycles. The lowest BCUT2D eigenvalue weighted by atomic mass is 10.0. The molecule has 0 aliphatic heterocycles. The average molecular weight is 379 g/mol. The summed E-state index contributed by atoms with van der Waals surface area (Å²) >= 11 is 0. The molecule has 0 unspecified atom stereocenters. The van der Waals surface area contributed by atoms with Gasteiger partial charge in [-0.05, 0) is 57.4 Å². The molecule has 7 nitrogen and oxygen atoms in total. The Labute approximate surface area is 164 Å². The molecule has 0 bridgehead atoms. The van der Waals surface area contributed by atoms with Crippen LogP contribution >= 0.6 is 0 Å². The maximum absolute atomic E-state index is 12.5. The third-order valence-corrected chi connectivity index (χ3v) is 4.97. The van der Waals surface area contributed by atoms with Crippen molar-refractivity contribution in [1.29, 1.82) is 0 Å². The minimum absolute atomic E-state index is 0.104. The number of carbonyl (C=O) groups excluding carboxylic acids is 2. The van der Waals surface area contributed by atoms with E-state index in [0.29, 0.717) is 24.1 Å². The summed E-state index contributed by atoms with van der Waals surface area (Å²) < 4.78 is 1.83. The van der Waals surface area contributed by atoms with Gasteiger partial charge >= 0.3 is 0 Å². The Kier molecular flexibility index (Phi) is 5.44. The van der Waals surface area contributed by atoms with Gasteiger partial charge < -0.3 is 10.6 Å². The van der Waals surface area contributed by atoms with E-state index in [1.54, 1.807) is 25.2 Å². The van der Waals surface area contributed by atoms with Crippen molar-refractivity contribution in [3.8, 4) is 0 Å². The van der Waals surface area contributed by atoms with Crippen LogP contribution in [0.4, 0.5) is 5.69 Å². The smallest absolute Gasteiger partial charge is 0.251 e. The van der Waals surface area contributed by atoms with Crippen molar-refractivity contribution in [3.63, 3.8) is 0 Å². The topological polar surface area (TPSA) is 88.4 Å². The first kappa shape index (κ1) is 19.5. The van der Waals surface area contributed by atoms with Crippen LogP contribution in [0.15, 0.2) is 24.3 Å². The van der Waals surface area contributed by atoms with Crippen LogP contribution in [-0.2, 0) is 11.2 Å². The fraction of sp³-hybridized carbons (Fsp3) is 0.333. The molecule has 3 rings (SSSR count). The van der Waals surface area contributed by atoms with Gasteiger partial charge in [-0.1, -0.05) is 6.07 Å². The number of amides is 2. The number of anilines is 1. The highest BCUT2D eigenvalue weighted by Gasteiger charge is 2.15. The molecule has 0 aliphatic rings. The van der Waals surface area contributed by atoms with E-state index in [-0.39, 0.29) is 11.8 Å². The van der Waals surface area contributed by atoms with Crippen LogP contribution in [0.1, 0.15) is 45.0 Å². The summed E-state index contributed by atoms with van der Waals surface area (Å²) in [6, 6.07) is 7.25. The molecule has 0 fully saturated rings. The standard InChI is InChI=1S/C21H25N5O2/c1-12-11-19-23-14(3)17(15(4)26(19)25-12)9-10-20(27)24-18-8-6-7-16(13(18)2)21(28)22-5/h6-8,11H,9-10H2,1-5H3,(H,22,28)(H,24,27). The second kappa shape index (κ2) is 7.80. The Morgan fingerprint density at radius 3 is 2.61 bits per heavy atom. The van der Waals surface area contributed by atoms with E-state index >= 15 is 0 Å². The molecule has 0 aliphatic carbocycles. The zero-order chi connectivity index (χ0) is 20.4. The van der Waals surface area contributed by atoms with Gasteiger partial charge in [-0.25, -0.2) is 9.50 Å². The molecule has 0 radical (unpaired) electrons. The fourth-order valence-corrected chi connectivity index (χ4v) is 3.41. The van der Waals surface area contributed by atoms with E-state index in [9.17, 15) is 9.59 Å². The number of aromatic nitrogens is 3. The van der Waals surface area contributed by atoms with Crippen LogP contribution in [0.2, 0.25) is 0 Å². The molecule has 146 valence electrons. The van der Waals surface area contributed by atoms with Gasteiger partial charge in [0, 0.05) is 42.2 Å². The molecule has 2 heterocycles. The van der Waals surface area contributed by atoms with E-state index in [2.05, 4.69) is 20.7 Å². The van der Waals surface area contributed by atoms with Gasteiger partial charge in [-0.15, -0.1) is 0 Å². The second-order valence-corrected chi connectivity index (χ2v) is 6.92. The summed E-state index contributed by atoms with van der Waals surface area (Å²) in [6.45, 7) is 7.72. The highest BCUT2D eigenvalue weighted by molar-refractivity contribution is 5.99. The number of rotatable bonds is 5. The summed E-state index contributed by atoms with van der Waals surface area (Å²) in [6.07, 6.45) is 0.887. The van der Waals surface area contributed by atoms with Crippen molar-refractivity contribution in [2.75, 3.05) is 12.4 Å². The fourth-order valence-electron chi connectivity index (χ4n) is 3.41. The summed E-state index contributed by atoms with van der Waals surface area (Å²) in [5.41, 5.74) is 6.63. The highest BCUT2D eigenvalue weighted by Crippen LogP contribution is 2.20. The minimum Gasteiger partial charge on any atom is -0.355 e. The summed E-state index contributed by atoms with van der Waals surface area (Å²) in [5.74, 6) is -0.276. The quantitative estimate of drug-likeness (QED) is 0.713. The molecule has 3 aromatic rings. The Hall–Kier alpha value is -3.22. The van der Waals surface area contributed by atoms with E-state index < -0.39 is 0 Å². The van der Waals surface area contributed by atoms with Crippen molar-refractivity contribution >= 4 is 23.1 Å². The van der Waals surface area contributed by atoms with E-state index in [1.807, 2.05) is 38.3 Å². The Bertz CT molecular complexity index is 1070. The van der Waals surface area contributed by atoms with Crippen molar-refractivity contribution in [2.24, 2.45) is 0 Å². The zero-order valence-corrected chi connectivity index (χ0v) is 16.9. The molecule has 2 amide bonds. The first-order valence-corrected chi connectivity index (χ1v) is 9.25. The predicted octanol–water partition coefficient (Wildman–Crippen LogP) is 2.89. The number of carbonyl (C=O) groups is 2. The lowest BCUT2D eigenvalue weighted by Gasteiger charge is -2.13. The van der Waals surface area contributed by atoms with E-state index in [4.69, 9.17) is 0 Å². The maximum atomic E-state index is 12.5. The summed E-state index contributed by atoms with van der Waals surface area (Å²) in [7, 11) is 1.59. The second-order valence-electron chi connectivity index (χ2n) is 6.92. The molecule has 0 atom stereocenters. The minimum atomic E-state index is -0.172. The SMILES string of the molecule is CNC(=O)c1cccc(NC(=O)CCc2c(C)nc3cc(C)nn3c2C)c1C. The summed E-state index contributed by atoms with van der Waals surface area (Å²) in [4.78, 5) is 29.1. The lowest BCUT2D eigenvalue weighted by molar-refractivity contribution is -0.116. The van der Waals surface area contributed by atoms with Gasteiger partial charge in [0.2, 0.25) is 5.91 Å². The lowest BCUT2D eigenvalue weighted by Crippen LogP contribution is -2.20. The van der Waals surface area contributed by atoms with Gasteiger partial charge in [0.05, 0.1) is 5.69 Å². The molecule has 28 heavy (non-hydrogen) atoms. The number of nitrogens with one attached hydrogen (secondary N) is 2. The molecule has 0 saturated heterocycles. The van der Waals surface area contributed by atoms with Gasteiger partial charge in [-0.2, -0.15) is 5.10 Å². The molecule has 7 heteroatoms. The highest BCUT2D eigenvalue weighted by atomic mass is 16.2. The first-order chi connectivity index (χ1) is 13.3. The zero-order valence-electron chi connectivity index (χ0n) is 16.9. The van der Waals surface area contributed by atoms with Crippen LogP contribution in [0.25, 0.3) is 5.65 Å². The van der Waals surface area contributed by atoms with Gasteiger partial charge in [0.25, 0.3) is 5.91 Å². The Morgan fingerprint density at radius 2 is 1.89 bits per heavy atom. The molecular weight excluding hydrogens is 354 g/mol. The van der Waals surface area contributed by atoms with Crippen LogP contribution in [0.3, 0.4) is 0 Å². The van der Waals surface area contributed by atoms with E-state index in [0.717, 1.165) is 33.9 Å². The Morgan fingerprint density at radius 1 is 1.14 bits per heavy atom. The number of hydrogen-bond donors (Lipinski definition) is 2.